The van der Waals surface area contributed by atoms with Crippen LogP contribution in [0.15, 0.2) is 30.6 Å². The maximum absolute atomic E-state index is 13.8. The second kappa shape index (κ2) is 5.40. The smallest absolute Gasteiger partial charge is 0.260 e. The fourth-order valence-electron chi connectivity index (χ4n) is 1.51. The number of rotatable bonds is 3. The molecule has 0 aliphatic rings. The molecule has 2 aromatic heterocycles. The van der Waals surface area contributed by atoms with Crippen LogP contribution in [0.1, 0.15) is 15.9 Å². The van der Waals surface area contributed by atoms with Gasteiger partial charge in [-0.3, -0.25) is 4.79 Å². The summed E-state index contributed by atoms with van der Waals surface area (Å²) in [4.78, 5) is 19.6. The SMILES string of the molecule is Cc1cccnc1NC(=O)c1ccnc(NN)c1F. The van der Waals surface area contributed by atoms with Crippen LogP contribution in [0.5, 0.6) is 0 Å². The van der Waals surface area contributed by atoms with Crippen LogP contribution in [-0.2, 0) is 0 Å². The number of anilines is 2. The lowest BCUT2D eigenvalue weighted by Gasteiger charge is -2.09. The molecule has 0 unspecified atom stereocenters. The first kappa shape index (κ1) is 12.9. The summed E-state index contributed by atoms with van der Waals surface area (Å²) in [6.07, 6.45) is 2.83. The Morgan fingerprint density at radius 3 is 2.68 bits per heavy atom. The second-order valence-corrected chi connectivity index (χ2v) is 3.79. The lowest BCUT2D eigenvalue weighted by molar-refractivity contribution is 0.102. The van der Waals surface area contributed by atoms with Crippen LogP contribution in [0, 0.1) is 12.7 Å². The Hall–Kier alpha value is -2.54. The van der Waals surface area contributed by atoms with Gasteiger partial charge in [0, 0.05) is 12.4 Å². The molecule has 2 aromatic rings. The third kappa shape index (κ3) is 2.66. The minimum absolute atomic E-state index is 0.159. The van der Waals surface area contributed by atoms with Gasteiger partial charge in [0.05, 0.1) is 5.56 Å². The highest BCUT2D eigenvalue weighted by molar-refractivity contribution is 6.04. The molecule has 0 aliphatic heterocycles. The molecular formula is C12H12FN5O. The average molecular weight is 261 g/mol. The van der Waals surface area contributed by atoms with Crippen molar-refractivity contribution in [1.29, 1.82) is 0 Å². The fraction of sp³-hybridized carbons (Fsp3) is 0.0833. The number of nitrogen functional groups attached to an aromatic ring is 1. The summed E-state index contributed by atoms with van der Waals surface area (Å²) < 4.78 is 13.8. The molecule has 0 aliphatic carbocycles. The fourth-order valence-corrected chi connectivity index (χ4v) is 1.51. The summed E-state index contributed by atoms with van der Waals surface area (Å²) in [7, 11) is 0. The van der Waals surface area contributed by atoms with Crippen molar-refractivity contribution in [3.05, 3.63) is 47.5 Å². The van der Waals surface area contributed by atoms with Gasteiger partial charge in [0.1, 0.15) is 5.82 Å². The first-order valence-electron chi connectivity index (χ1n) is 5.47. The van der Waals surface area contributed by atoms with Crippen LogP contribution in [-0.4, -0.2) is 15.9 Å². The Morgan fingerprint density at radius 2 is 2.00 bits per heavy atom. The molecule has 98 valence electrons. The Kier molecular flexibility index (Phi) is 3.67. The molecule has 19 heavy (non-hydrogen) atoms. The van der Waals surface area contributed by atoms with Crippen LogP contribution in [0.4, 0.5) is 16.0 Å². The van der Waals surface area contributed by atoms with Gasteiger partial charge in [0.25, 0.3) is 5.91 Å². The van der Waals surface area contributed by atoms with E-state index in [9.17, 15) is 9.18 Å². The van der Waals surface area contributed by atoms with Crippen molar-refractivity contribution in [2.24, 2.45) is 5.84 Å². The lowest BCUT2D eigenvalue weighted by atomic mass is 10.2. The highest BCUT2D eigenvalue weighted by atomic mass is 19.1. The van der Waals surface area contributed by atoms with E-state index in [1.807, 2.05) is 0 Å². The van der Waals surface area contributed by atoms with Gasteiger partial charge in [-0.2, -0.15) is 0 Å². The summed E-state index contributed by atoms with van der Waals surface area (Å²) >= 11 is 0. The van der Waals surface area contributed by atoms with Gasteiger partial charge in [0.2, 0.25) is 0 Å². The Morgan fingerprint density at radius 1 is 1.26 bits per heavy atom. The van der Waals surface area contributed by atoms with Crippen LogP contribution < -0.4 is 16.6 Å². The normalized spacial score (nSPS) is 10.1. The van der Waals surface area contributed by atoms with Crippen molar-refractivity contribution in [2.45, 2.75) is 6.92 Å². The van der Waals surface area contributed by atoms with Crippen molar-refractivity contribution in [2.75, 3.05) is 10.7 Å². The molecule has 0 aromatic carbocycles. The summed E-state index contributed by atoms with van der Waals surface area (Å²) in [5, 5.41) is 2.53. The van der Waals surface area contributed by atoms with Crippen molar-refractivity contribution < 1.29 is 9.18 Å². The molecule has 0 saturated carbocycles. The summed E-state index contributed by atoms with van der Waals surface area (Å²) in [5.41, 5.74) is 2.70. The molecule has 2 rings (SSSR count). The first-order chi connectivity index (χ1) is 9.13. The van der Waals surface area contributed by atoms with Gasteiger partial charge in [-0.1, -0.05) is 6.07 Å². The number of aromatic nitrogens is 2. The van der Waals surface area contributed by atoms with Gasteiger partial charge in [-0.25, -0.2) is 20.2 Å². The Balaban J connectivity index is 2.28. The average Bonchev–Trinajstić information content (AvgIpc) is 2.41. The molecule has 0 fully saturated rings. The molecule has 4 N–H and O–H groups in total. The number of pyridine rings is 2. The predicted molar refractivity (Wildman–Crippen MR) is 68.9 cm³/mol. The molecule has 7 heteroatoms. The Labute approximate surface area is 108 Å². The highest BCUT2D eigenvalue weighted by Gasteiger charge is 2.16. The minimum Gasteiger partial charge on any atom is -0.306 e. The zero-order valence-electron chi connectivity index (χ0n) is 10.1. The van der Waals surface area contributed by atoms with Crippen molar-refractivity contribution in [3.63, 3.8) is 0 Å². The number of hydrogen-bond donors (Lipinski definition) is 3. The highest BCUT2D eigenvalue weighted by Crippen LogP contribution is 2.16. The monoisotopic (exact) mass is 261 g/mol. The zero-order chi connectivity index (χ0) is 13.8. The van der Waals surface area contributed by atoms with Crippen LogP contribution >= 0.6 is 0 Å². The number of nitrogens with two attached hydrogens (primary N) is 1. The van der Waals surface area contributed by atoms with Crippen LogP contribution in [0.3, 0.4) is 0 Å². The molecule has 0 atom stereocenters. The maximum Gasteiger partial charge on any atom is 0.260 e. The predicted octanol–water partition coefficient (Wildman–Crippen LogP) is 1.46. The molecule has 0 spiro atoms. The minimum atomic E-state index is -0.809. The quantitative estimate of drug-likeness (QED) is 0.574. The molecule has 0 saturated heterocycles. The lowest BCUT2D eigenvalue weighted by Crippen LogP contribution is -2.18. The molecule has 6 nitrogen and oxygen atoms in total. The Bertz CT molecular complexity index is 617. The summed E-state index contributed by atoms with van der Waals surface area (Å²) in [5.74, 6) is 3.87. The van der Waals surface area contributed by atoms with Gasteiger partial charge in [0.15, 0.2) is 11.6 Å². The van der Waals surface area contributed by atoms with E-state index in [2.05, 4.69) is 20.7 Å². The number of amides is 1. The molecule has 1 amide bonds. The maximum atomic E-state index is 13.8. The van der Waals surface area contributed by atoms with Crippen LogP contribution in [0.25, 0.3) is 0 Å². The zero-order valence-corrected chi connectivity index (χ0v) is 10.1. The van der Waals surface area contributed by atoms with E-state index in [0.29, 0.717) is 5.82 Å². The molecular weight excluding hydrogens is 249 g/mol. The van der Waals surface area contributed by atoms with E-state index in [0.717, 1.165) is 5.56 Å². The van der Waals surface area contributed by atoms with Crippen molar-refractivity contribution >= 4 is 17.5 Å². The third-order valence-electron chi connectivity index (χ3n) is 2.51. The largest absolute Gasteiger partial charge is 0.306 e. The van der Waals surface area contributed by atoms with Gasteiger partial charge in [-0.15, -0.1) is 0 Å². The number of carbonyl (C=O) groups is 1. The third-order valence-corrected chi connectivity index (χ3v) is 2.51. The number of carbonyl (C=O) groups excluding carboxylic acids is 1. The van der Waals surface area contributed by atoms with Crippen LogP contribution in [0.2, 0.25) is 0 Å². The van der Waals surface area contributed by atoms with E-state index >= 15 is 0 Å². The van der Waals surface area contributed by atoms with Crippen molar-refractivity contribution in [1.82, 2.24) is 9.97 Å². The topological polar surface area (TPSA) is 92.9 Å². The van der Waals surface area contributed by atoms with Gasteiger partial charge >= 0.3 is 0 Å². The standard InChI is InChI=1S/C12H12FN5O/c1-7-3-2-5-15-10(7)17-12(19)8-4-6-16-11(18-14)9(8)13/h2-6H,14H2,1H3,(H,16,18)(H,15,17,19). The number of aryl methyl sites for hydroxylation is 1. The first-order valence-corrected chi connectivity index (χ1v) is 5.47. The molecule has 0 bridgehead atoms. The number of nitrogens with one attached hydrogen (secondary N) is 2. The van der Waals surface area contributed by atoms with Gasteiger partial charge in [-0.05, 0) is 24.6 Å². The number of halogens is 1. The second-order valence-electron chi connectivity index (χ2n) is 3.79. The molecule has 2 heterocycles. The van der Waals surface area contributed by atoms with Crippen molar-refractivity contribution in [3.8, 4) is 0 Å². The van der Waals surface area contributed by atoms with E-state index in [1.165, 1.54) is 12.3 Å². The number of hydrazine groups is 1. The molecule has 0 radical (unpaired) electrons. The summed E-state index contributed by atoms with van der Waals surface area (Å²) in [6, 6.07) is 4.80. The van der Waals surface area contributed by atoms with E-state index in [4.69, 9.17) is 5.84 Å². The number of nitrogens with zero attached hydrogens (tertiary/aromatic N) is 2. The van der Waals surface area contributed by atoms with E-state index in [1.54, 1.807) is 25.3 Å². The number of hydrogen-bond acceptors (Lipinski definition) is 5. The van der Waals surface area contributed by atoms with E-state index < -0.39 is 11.7 Å². The summed E-state index contributed by atoms with van der Waals surface area (Å²) in [6.45, 7) is 1.79. The van der Waals surface area contributed by atoms with Gasteiger partial charge < -0.3 is 10.7 Å². The van der Waals surface area contributed by atoms with E-state index in [-0.39, 0.29) is 11.4 Å².